The fourth-order valence-electron chi connectivity index (χ4n) is 1.76. The summed E-state index contributed by atoms with van der Waals surface area (Å²) in [6.45, 7) is 1.82. The summed E-state index contributed by atoms with van der Waals surface area (Å²) in [6.07, 6.45) is 0. The monoisotopic (exact) mass is 267 g/mol. The molecule has 100 valence electrons. The highest BCUT2D eigenvalue weighted by Gasteiger charge is 2.14. The first-order chi connectivity index (χ1) is 9.52. The minimum absolute atomic E-state index is 0.0896. The zero-order valence-corrected chi connectivity index (χ0v) is 10.8. The van der Waals surface area contributed by atoms with Crippen molar-refractivity contribution in [2.24, 2.45) is 0 Å². The van der Waals surface area contributed by atoms with Crippen LogP contribution in [0, 0.1) is 18.3 Å². The molecule has 0 bridgehead atoms. The summed E-state index contributed by atoms with van der Waals surface area (Å²) in [5.74, 6) is -0.730. The number of phenols is 1. The van der Waals surface area contributed by atoms with Crippen molar-refractivity contribution in [2.75, 3.05) is 11.1 Å². The van der Waals surface area contributed by atoms with E-state index in [9.17, 15) is 9.90 Å². The van der Waals surface area contributed by atoms with Crippen molar-refractivity contribution in [3.8, 4) is 11.8 Å². The van der Waals surface area contributed by atoms with E-state index in [1.54, 1.807) is 24.3 Å². The third kappa shape index (κ3) is 2.54. The number of nitrogens with one attached hydrogen (secondary N) is 1. The second-order valence-corrected chi connectivity index (χ2v) is 4.34. The number of carbonyl (C=O) groups is 1. The molecule has 0 aromatic heterocycles. The second kappa shape index (κ2) is 5.33. The van der Waals surface area contributed by atoms with Gasteiger partial charge >= 0.3 is 0 Å². The molecule has 4 N–H and O–H groups in total. The summed E-state index contributed by atoms with van der Waals surface area (Å²) in [4.78, 5) is 12.1. The van der Waals surface area contributed by atoms with E-state index in [0.717, 1.165) is 5.56 Å². The van der Waals surface area contributed by atoms with E-state index >= 15 is 0 Å². The Morgan fingerprint density at radius 3 is 2.80 bits per heavy atom. The molecule has 20 heavy (non-hydrogen) atoms. The molecule has 0 saturated heterocycles. The maximum Gasteiger partial charge on any atom is 0.259 e. The van der Waals surface area contributed by atoms with Gasteiger partial charge < -0.3 is 16.2 Å². The number of hydrogen-bond acceptors (Lipinski definition) is 4. The number of nitrogen functional groups attached to an aromatic ring is 1. The minimum atomic E-state index is -0.479. The summed E-state index contributed by atoms with van der Waals surface area (Å²) in [5.41, 5.74) is 7.57. The van der Waals surface area contributed by atoms with E-state index in [-0.39, 0.29) is 17.0 Å². The van der Waals surface area contributed by atoms with Crippen LogP contribution in [0.2, 0.25) is 0 Å². The van der Waals surface area contributed by atoms with Gasteiger partial charge in [-0.3, -0.25) is 4.79 Å². The smallest absolute Gasteiger partial charge is 0.259 e. The van der Waals surface area contributed by atoms with Crippen molar-refractivity contribution in [2.45, 2.75) is 6.92 Å². The first-order valence-electron chi connectivity index (χ1n) is 5.92. The highest BCUT2D eigenvalue weighted by atomic mass is 16.3. The van der Waals surface area contributed by atoms with Gasteiger partial charge in [-0.05, 0) is 36.8 Å². The Hall–Kier alpha value is -3.00. The van der Waals surface area contributed by atoms with E-state index < -0.39 is 5.91 Å². The summed E-state index contributed by atoms with van der Waals surface area (Å²) in [5, 5.41) is 21.3. The highest BCUT2D eigenvalue weighted by Crippen LogP contribution is 2.26. The van der Waals surface area contributed by atoms with Crippen LogP contribution < -0.4 is 11.1 Å². The molecule has 0 aliphatic rings. The second-order valence-electron chi connectivity index (χ2n) is 4.34. The summed E-state index contributed by atoms with van der Waals surface area (Å²) in [6, 6.07) is 11.6. The molecule has 0 fully saturated rings. The maximum absolute atomic E-state index is 12.1. The van der Waals surface area contributed by atoms with Gasteiger partial charge in [-0.15, -0.1) is 0 Å². The zero-order valence-electron chi connectivity index (χ0n) is 10.8. The lowest BCUT2D eigenvalue weighted by atomic mass is 10.1. The summed E-state index contributed by atoms with van der Waals surface area (Å²) in [7, 11) is 0. The van der Waals surface area contributed by atoms with Crippen LogP contribution in [0.25, 0.3) is 0 Å². The molecule has 2 rings (SSSR count). The average molecular weight is 267 g/mol. The third-order valence-electron chi connectivity index (χ3n) is 2.93. The van der Waals surface area contributed by atoms with Crippen LogP contribution >= 0.6 is 0 Å². The van der Waals surface area contributed by atoms with Crippen LogP contribution in [0.15, 0.2) is 36.4 Å². The van der Waals surface area contributed by atoms with Crippen LogP contribution in [0.4, 0.5) is 11.4 Å². The van der Waals surface area contributed by atoms with Gasteiger partial charge in [-0.1, -0.05) is 12.1 Å². The van der Waals surface area contributed by atoms with E-state index in [0.29, 0.717) is 11.3 Å². The minimum Gasteiger partial charge on any atom is -0.505 e. The molecule has 5 nitrogen and oxygen atoms in total. The Balaban J connectivity index is 2.33. The van der Waals surface area contributed by atoms with Crippen molar-refractivity contribution >= 4 is 17.3 Å². The molecule has 2 aromatic carbocycles. The van der Waals surface area contributed by atoms with E-state index in [2.05, 4.69) is 5.32 Å². The zero-order chi connectivity index (χ0) is 14.7. The molecule has 0 atom stereocenters. The van der Waals surface area contributed by atoms with Crippen LogP contribution in [-0.4, -0.2) is 11.0 Å². The lowest BCUT2D eigenvalue weighted by Gasteiger charge is -2.10. The number of anilines is 2. The third-order valence-corrected chi connectivity index (χ3v) is 2.93. The lowest BCUT2D eigenvalue weighted by Crippen LogP contribution is -2.13. The Morgan fingerprint density at radius 1 is 1.35 bits per heavy atom. The first kappa shape index (κ1) is 13.4. The Morgan fingerprint density at radius 2 is 2.10 bits per heavy atom. The van der Waals surface area contributed by atoms with E-state index in [1.807, 2.05) is 13.0 Å². The summed E-state index contributed by atoms with van der Waals surface area (Å²) < 4.78 is 0. The van der Waals surface area contributed by atoms with Crippen LogP contribution in [-0.2, 0) is 0 Å². The number of hydrogen-bond donors (Lipinski definition) is 3. The molecule has 5 heteroatoms. The molecule has 0 radical (unpaired) electrons. The van der Waals surface area contributed by atoms with Gasteiger partial charge in [0.1, 0.15) is 0 Å². The van der Waals surface area contributed by atoms with Crippen molar-refractivity contribution in [1.29, 1.82) is 5.26 Å². The van der Waals surface area contributed by atoms with Crippen LogP contribution in [0.1, 0.15) is 21.5 Å². The number of carbonyl (C=O) groups excluding carboxylic acids is 1. The van der Waals surface area contributed by atoms with Crippen molar-refractivity contribution in [3.63, 3.8) is 0 Å². The SMILES string of the molecule is Cc1ccc(C#N)cc1NC(=O)c1cccc(N)c1O. The van der Waals surface area contributed by atoms with Gasteiger partial charge in [0.25, 0.3) is 5.91 Å². The van der Waals surface area contributed by atoms with Crippen molar-refractivity contribution < 1.29 is 9.90 Å². The first-order valence-corrected chi connectivity index (χ1v) is 5.92. The number of aryl methyl sites for hydroxylation is 1. The number of amides is 1. The van der Waals surface area contributed by atoms with Gasteiger partial charge in [0.05, 0.1) is 22.9 Å². The maximum atomic E-state index is 12.1. The lowest BCUT2D eigenvalue weighted by molar-refractivity contribution is 0.102. The molecule has 0 saturated carbocycles. The highest BCUT2D eigenvalue weighted by molar-refractivity contribution is 6.07. The predicted molar refractivity (Wildman–Crippen MR) is 76.4 cm³/mol. The van der Waals surface area contributed by atoms with Crippen molar-refractivity contribution in [1.82, 2.24) is 0 Å². The molecule has 2 aromatic rings. The van der Waals surface area contributed by atoms with E-state index in [1.165, 1.54) is 12.1 Å². The fraction of sp³-hybridized carbons (Fsp3) is 0.0667. The Bertz CT molecular complexity index is 718. The fourth-order valence-corrected chi connectivity index (χ4v) is 1.76. The van der Waals surface area contributed by atoms with Gasteiger partial charge in [0.2, 0.25) is 0 Å². The number of nitriles is 1. The van der Waals surface area contributed by atoms with Gasteiger partial charge in [0, 0.05) is 5.69 Å². The number of aromatic hydroxyl groups is 1. The molecule has 0 spiro atoms. The molecule has 0 heterocycles. The molecule has 1 amide bonds. The van der Waals surface area contributed by atoms with Gasteiger partial charge in [-0.25, -0.2) is 0 Å². The molecule has 0 aliphatic carbocycles. The number of rotatable bonds is 2. The van der Waals surface area contributed by atoms with Crippen molar-refractivity contribution in [3.05, 3.63) is 53.1 Å². The molecule has 0 unspecified atom stereocenters. The number of nitrogens with zero attached hydrogens (tertiary/aromatic N) is 1. The standard InChI is InChI=1S/C15H13N3O2/c1-9-5-6-10(8-16)7-13(9)18-15(20)11-3-2-4-12(17)14(11)19/h2-7,19H,17H2,1H3,(H,18,20). The quantitative estimate of drug-likeness (QED) is 0.574. The van der Waals surface area contributed by atoms with E-state index in [4.69, 9.17) is 11.0 Å². The normalized spacial score (nSPS) is 9.80. The Labute approximate surface area is 116 Å². The predicted octanol–water partition coefficient (Wildman–Crippen LogP) is 2.41. The number of benzene rings is 2. The van der Waals surface area contributed by atoms with Gasteiger partial charge in [0.15, 0.2) is 5.75 Å². The van der Waals surface area contributed by atoms with Crippen LogP contribution in [0.5, 0.6) is 5.75 Å². The number of para-hydroxylation sites is 1. The van der Waals surface area contributed by atoms with Gasteiger partial charge in [-0.2, -0.15) is 5.26 Å². The topological polar surface area (TPSA) is 99.1 Å². The largest absolute Gasteiger partial charge is 0.505 e. The Kier molecular flexibility index (Phi) is 3.58. The number of nitrogens with two attached hydrogens (primary N) is 1. The summed E-state index contributed by atoms with van der Waals surface area (Å²) >= 11 is 0. The number of phenolic OH excluding ortho intramolecular Hbond substituents is 1. The molecular weight excluding hydrogens is 254 g/mol. The molecular formula is C15H13N3O2. The molecule has 0 aliphatic heterocycles. The van der Waals surface area contributed by atoms with Crippen LogP contribution in [0.3, 0.4) is 0 Å². The average Bonchev–Trinajstić information content (AvgIpc) is 2.44.